The summed E-state index contributed by atoms with van der Waals surface area (Å²) in [4.78, 5) is 27.3. The van der Waals surface area contributed by atoms with Crippen LogP contribution >= 0.6 is 27.5 Å². The first-order valence-electron chi connectivity index (χ1n) is 5.43. The van der Waals surface area contributed by atoms with Gasteiger partial charge < -0.3 is 5.32 Å². The van der Waals surface area contributed by atoms with Gasteiger partial charge in [0.1, 0.15) is 16.8 Å². The van der Waals surface area contributed by atoms with Crippen molar-refractivity contribution in [2.24, 2.45) is 0 Å². The van der Waals surface area contributed by atoms with Crippen LogP contribution < -0.4 is 10.9 Å². The van der Waals surface area contributed by atoms with Crippen molar-refractivity contribution in [3.8, 4) is 0 Å². The molecular weight excluding hydrogens is 353 g/mol. The molecule has 104 valence electrons. The number of amides is 1. The fraction of sp³-hybridized carbons (Fsp3) is 0.0833. The van der Waals surface area contributed by atoms with Gasteiger partial charge in [0.2, 0.25) is 5.91 Å². The number of carbonyl (C=O) groups excluding carboxylic acids is 1. The molecule has 0 aliphatic rings. The number of benzene rings is 1. The van der Waals surface area contributed by atoms with Gasteiger partial charge in [-0.3, -0.25) is 14.2 Å². The number of hydrogen-bond donors (Lipinski definition) is 1. The van der Waals surface area contributed by atoms with Gasteiger partial charge in [0.05, 0.1) is 6.33 Å². The Bertz CT molecular complexity index is 720. The summed E-state index contributed by atoms with van der Waals surface area (Å²) >= 11 is 8.64. The fourth-order valence-corrected chi connectivity index (χ4v) is 1.93. The van der Waals surface area contributed by atoms with E-state index in [2.05, 4.69) is 26.2 Å². The molecule has 0 fully saturated rings. The molecule has 2 aromatic rings. The number of nitrogens with one attached hydrogen (secondary N) is 1. The SMILES string of the molecule is O=C(Cn1cnc(Cl)c(Br)c1=O)Nc1cccc(F)c1. The lowest BCUT2D eigenvalue weighted by atomic mass is 10.3. The van der Waals surface area contributed by atoms with E-state index in [1.807, 2.05) is 0 Å². The van der Waals surface area contributed by atoms with Crippen LogP contribution in [0.3, 0.4) is 0 Å². The Kier molecular flexibility index (Phi) is 4.51. The van der Waals surface area contributed by atoms with Gasteiger partial charge in [0, 0.05) is 5.69 Å². The normalized spacial score (nSPS) is 10.3. The first-order chi connectivity index (χ1) is 9.47. The number of rotatable bonds is 3. The quantitative estimate of drug-likeness (QED) is 0.855. The van der Waals surface area contributed by atoms with Crippen molar-refractivity contribution in [1.82, 2.24) is 9.55 Å². The molecule has 0 saturated carbocycles. The Balaban J connectivity index is 2.13. The van der Waals surface area contributed by atoms with Gasteiger partial charge in [0.25, 0.3) is 5.56 Å². The molecule has 0 aliphatic carbocycles. The van der Waals surface area contributed by atoms with E-state index in [1.165, 1.54) is 24.5 Å². The Morgan fingerprint density at radius 3 is 2.95 bits per heavy atom. The minimum atomic E-state index is -0.478. The number of aromatic nitrogens is 2. The Labute approximate surface area is 126 Å². The van der Waals surface area contributed by atoms with Crippen LogP contribution in [0.2, 0.25) is 5.15 Å². The molecule has 8 heteroatoms. The molecule has 20 heavy (non-hydrogen) atoms. The summed E-state index contributed by atoms with van der Waals surface area (Å²) in [6.07, 6.45) is 1.17. The zero-order valence-electron chi connectivity index (χ0n) is 9.94. The Morgan fingerprint density at radius 2 is 2.25 bits per heavy atom. The summed E-state index contributed by atoms with van der Waals surface area (Å²) in [5, 5.41) is 2.50. The standard InChI is InChI=1S/C12H8BrClFN3O2/c13-10-11(14)16-6-18(12(10)20)5-9(19)17-8-3-1-2-7(15)4-8/h1-4,6H,5H2,(H,17,19). The Hall–Kier alpha value is -1.73. The van der Waals surface area contributed by atoms with Crippen LogP contribution in [0.5, 0.6) is 0 Å². The molecule has 0 saturated heterocycles. The number of carbonyl (C=O) groups is 1. The maximum atomic E-state index is 13.0. The topological polar surface area (TPSA) is 64.0 Å². The van der Waals surface area contributed by atoms with E-state index in [4.69, 9.17) is 11.6 Å². The molecule has 1 heterocycles. The number of anilines is 1. The number of halogens is 3. The van der Waals surface area contributed by atoms with Crippen molar-refractivity contribution in [2.75, 3.05) is 5.32 Å². The van der Waals surface area contributed by atoms with Crippen molar-refractivity contribution >= 4 is 39.1 Å². The van der Waals surface area contributed by atoms with Gasteiger partial charge in [-0.05, 0) is 34.1 Å². The van der Waals surface area contributed by atoms with E-state index < -0.39 is 17.3 Å². The third-order valence-corrected chi connectivity index (χ3v) is 3.59. The average Bonchev–Trinajstić information content (AvgIpc) is 2.39. The van der Waals surface area contributed by atoms with E-state index in [1.54, 1.807) is 6.07 Å². The molecule has 2 rings (SSSR count). The van der Waals surface area contributed by atoms with E-state index >= 15 is 0 Å². The number of hydrogen-bond acceptors (Lipinski definition) is 3. The fourth-order valence-electron chi connectivity index (χ4n) is 1.48. The molecule has 1 aromatic heterocycles. The molecule has 0 spiro atoms. The van der Waals surface area contributed by atoms with E-state index in [0.717, 1.165) is 4.57 Å². The zero-order chi connectivity index (χ0) is 14.7. The summed E-state index contributed by atoms with van der Waals surface area (Å²) < 4.78 is 14.1. The van der Waals surface area contributed by atoms with Crippen LogP contribution in [0.4, 0.5) is 10.1 Å². The zero-order valence-corrected chi connectivity index (χ0v) is 12.3. The van der Waals surface area contributed by atoms with Gasteiger partial charge in [-0.1, -0.05) is 17.7 Å². The number of nitrogens with zero attached hydrogens (tertiary/aromatic N) is 2. The molecule has 0 bridgehead atoms. The van der Waals surface area contributed by atoms with Gasteiger partial charge in [-0.2, -0.15) is 0 Å². The predicted octanol–water partition coefficient (Wildman–Crippen LogP) is 2.44. The monoisotopic (exact) mass is 359 g/mol. The molecule has 0 atom stereocenters. The second-order valence-corrected chi connectivity index (χ2v) is 4.99. The molecule has 0 unspecified atom stereocenters. The first kappa shape index (κ1) is 14.7. The highest BCUT2D eigenvalue weighted by molar-refractivity contribution is 9.10. The summed E-state index contributed by atoms with van der Waals surface area (Å²) in [5.41, 5.74) is -0.163. The van der Waals surface area contributed by atoms with Crippen molar-refractivity contribution in [3.63, 3.8) is 0 Å². The molecular formula is C12H8BrClFN3O2. The third-order valence-electron chi connectivity index (χ3n) is 2.36. The van der Waals surface area contributed by atoms with E-state index in [9.17, 15) is 14.0 Å². The highest BCUT2D eigenvalue weighted by atomic mass is 79.9. The lowest BCUT2D eigenvalue weighted by Gasteiger charge is -2.07. The summed E-state index contributed by atoms with van der Waals surface area (Å²) in [7, 11) is 0. The largest absolute Gasteiger partial charge is 0.324 e. The van der Waals surface area contributed by atoms with Gasteiger partial charge in [0.15, 0.2) is 5.15 Å². The third kappa shape index (κ3) is 3.43. The minimum Gasteiger partial charge on any atom is -0.324 e. The van der Waals surface area contributed by atoms with E-state index in [0.29, 0.717) is 5.69 Å². The summed E-state index contributed by atoms with van der Waals surface area (Å²) in [6.45, 7) is -0.252. The van der Waals surface area contributed by atoms with Crippen molar-refractivity contribution in [2.45, 2.75) is 6.54 Å². The smallest absolute Gasteiger partial charge is 0.269 e. The van der Waals surface area contributed by atoms with Gasteiger partial charge in [-0.15, -0.1) is 0 Å². The molecule has 0 aliphatic heterocycles. The second kappa shape index (κ2) is 6.15. The lowest BCUT2D eigenvalue weighted by Crippen LogP contribution is -2.28. The molecule has 0 radical (unpaired) electrons. The van der Waals surface area contributed by atoms with Crippen LogP contribution in [-0.2, 0) is 11.3 Å². The van der Waals surface area contributed by atoms with Gasteiger partial charge in [-0.25, -0.2) is 9.37 Å². The van der Waals surface area contributed by atoms with Crippen molar-refractivity contribution in [1.29, 1.82) is 0 Å². The highest BCUT2D eigenvalue weighted by Gasteiger charge is 2.10. The minimum absolute atomic E-state index is 0.0248. The molecule has 1 N–H and O–H groups in total. The van der Waals surface area contributed by atoms with Crippen molar-refractivity contribution in [3.05, 3.63) is 56.4 Å². The van der Waals surface area contributed by atoms with Crippen LogP contribution in [0.1, 0.15) is 0 Å². The average molecular weight is 361 g/mol. The molecule has 5 nitrogen and oxygen atoms in total. The van der Waals surface area contributed by atoms with Crippen molar-refractivity contribution < 1.29 is 9.18 Å². The maximum Gasteiger partial charge on any atom is 0.269 e. The first-order valence-corrected chi connectivity index (χ1v) is 6.60. The summed E-state index contributed by atoms with van der Waals surface area (Å²) in [5.74, 6) is -0.940. The van der Waals surface area contributed by atoms with Crippen LogP contribution in [-0.4, -0.2) is 15.5 Å². The summed E-state index contributed by atoms with van der Waals surface area (Å²) in [6, 6.07) is 5.45. The maximum absolute atomic E-state index is 13.0. The molecule has 1 amide bonds. The van der Waals surface area contributed by atoms with Crippen LogP contribution in [0.25, 0.3) is 0 Å². The Morgan fingerprint density at radius 1 is 1.50 bits per heavy atom. The van der Waals surface area contributed by atoms with Gasteiger partial charge >= 0.3 is 0 Å². The molecule has 1 aromatic carbocycles. The van der Waals surface area contributed by atoms with Crippen LogP contribution in [0.15, 0.2) is 39.9 Å². The van der Waals surface area contributed by atoms with E-state index in [-0.39, 0.29) is 16.2 Å². The second-order valence-electron chi connectivity index (χ2n) is 3.84. The van der Waals surface area contributed by atoms with Crippen LogP contribution in [0, 0.1) is 5.82 Å². The predicted molar refractivity (Wildman–Crippen MR) is 76.2 cm³/mol. The highest BCUT2D eigenvalue weighted by Crippen LogP contribution is 2.13. The lowest BCUT2D eigenvalue weighted by molar-refractivity contribution is -0.116.